The summed E-state index contributed by atoms with van der Waals surface area (Å²) in [5, 5.41) is 10.6. The summed E-state index contributed by atoms with van der Waals surface area (Å²) in [5.74, 6) is 1.18. The van der Waals surface area contributed by atoms with Crippen molar-refractivity contribution in [3.8, 4) is 5.75 Å². The van der Waals surface area contributed by atoms with Crippen LogP contribution in [-0.2, 0) is 9.47 Å². The molecular formula is C16H24O4. The molecule has 112 valence electrons. The predicted octanol–water partition coefficient (Wildman–Crippen LogP) is 2.56. The number of aliphatic hydroxyl groups is 1. The van der Waals surface area contributed by atoms with E-state index in [0.717, 1.165) is 18.4 Å². The molecule has 2 unspecified atom stereocenters. The lowest BCUT2D eigenvalue weighted by Crippen LogP contribution is -2.25. The number of ether oxygens (including phenoxy) is 3. The van der Waals surface area contributed by atoms with Crippen LogP contribution < -0.4 is 4.74 Å². The van der Waals surface area contributed by atoms with Crippen LogP contribution in [0, 0.1) is 5.92 Å². The maximum absolute atomic E-state index is 10.6. The first-order chi connectivity index (χ1) is 9.77. The van der Waals surface area contributed by atoms with Gasteiger partial charge in [-0.05, 0) is 31.7 Å². The topological polar surface area (TPSA) is 47.9 Å². The molecule has 0 radical (unpaired) electrons. The summed E-state index contributed by atoms with van der Waals surface area (Å²) in [6.45, 7) is 3.58. The van der Waals surface area contributed by atoms with E-state index in [0.29, 0.717) is 31.5 Å². The van der Waals surface area contributed by atoms with E-state index in [-0.39, 0.29) is 6.10 Å². The van der Waals surface area contributed by atoms with Gasteiger partial charge in [-0.2, -0.15) is 0 Å². The van der Waals surface area contributed by atoms with Crippen LogP contribution in [-0.4, -0.2) is 38.1 Å². The molecule has 0 bridgehead atoms. The zero-order valence-electron chi connectivity index (χ0n) is 12.2. The van der Waals surface area contributed by atoms with E-state index in [2.05, 4.69) is 0 Å². The van der Waals surface area contributed by atoms with Gasteiger partial charge in [-0.1, -0.05) is 18.2 Å². The minimum Gasteiger partial charge on any atom is -0.491 e. The van der Waals surface area contributed by atoms with E-state index in [1.54, 1.807) is 7.11 Å². The minimum atomic E-state index is -0.638. The number of benzene rings is 1. The van der Waals surface area contributed by atoms with Crippen LogP contribution in [0.4, 0.5) is 0 Å². The van der Waals surface area contributed by atoms with Crippen molar-refractivity contribution in [2.24, 2.45) is 5.92 Å². The molecule has 1 aliphatic carbocycles. The zero-order chi connectivity index (χ0) is 14.4. The van der Waals surface area contributed by atoms with Crippen LogP contribution >= 0.6 is 0 Å². The third-order valence-electron chi connectivity index (χ3n) is 3.54. The van der Waals surface area contributed by atoms with E-state index in [1.807, 2.05) is 31.2 Å². The molecule has 2 atom stereocenters. The highest BCUT2D eigenvalue weighted by atomic mass is 16.5. The standard InChI is InChI=1S/C16H24O4/c1-3-19-16(12-8-9-12)15(17)13-6-4-5-7-14(13)20-11-10-18-2/h4-7,12,15-17H,3,8-11H2,1-2H3. The molecule has 1 N–H and O–H groups in total. The fourth-order valence-electron chi connectivity index (χ4n) is 2.37. The largest absolute Gasteiger partial charge is 0.491 e. The van der Waals surface area contributed by atoms with Crippen molar-refractivity contribution in [2.45, 2.75) is 32.0 Å². The average molecular weight is 280 g/mol. The Kier molecular flexibility index (Phi) is 5.83. The van der Waals surface area contributed by atoms with Crippen molar-refractivity contribution in [1.82, 2.24) is 0 Å². The zero-order valence-corrected chi connectivity index (χ0v) is 12.2. The first-order valence-electron chi connectivity index (χ1n) is 7.28. The van der Waals surface area contributed by atoms with E-state index < -0.39 is 6.10 Å². The Morgan fingerprint density at radius 2 is 2.00 bits per heavy atom. The highest BCUT2D eigenvalue weighted by Gasteiger charge is 2.38. The lowest BCUT2D eigenvalue weighted by molar-refractivity contribution is -0.0472. The molecule has 4 nitrogen and oxygen atoms in total. The van der Waals surface area contributed by atoms with E-state index in [1.165, 1.54) is 0 Å². The first kappa shape index (κ1) is 15.3. The van der Waals surface area contributed by atoms with Crippen molar-refractivity contribution in [3.63, 3.8) is 0 Å². The molecule has 0 saturated heterocycles. The van der Waals surface area contributed by atoms with E-state index in [4.69, 9.17) is 14.2 Å². The third kappa shape index (κ3) is 3.95. The van der Waals surface area contributed by atoms with Gasteiger partial charge in [-0.15, -0.1) is 0 Å². The summed E-state index contributed by atoms with van der Waals surface area (Å²) < 4.78 is 16.4. The Bertz CT molecular complexity index is 403. The molecule has 0 heterocycles. The van der Waals surface area contributed by atoms with Gasteiger partial charge in [0.15, 0.2) is 0 Å². The molecule has 0 aromatic heterocycles. The summed E-state index contributed by atoms with van der Waals surface area (Å²) in [4.78, 5) is 0. The molecule has 1 fully saturated rings. The second-order valence-electron chi connectivity index (χ2n) is 5.08. The molecule has 4 heteroatoms. The van der Waals surface area contributed by atoms with Crippen LogP contribution in [0.15, 0.2) is 24.3 Å². The highest BCUT2D eigenvalue weighted by molar-refractivity contribution is 5.36. The van der Waals surface area contributed by atoms with Gasteiger partial charge in [0.25, 0.3) is 0 Å². The van der Waals surface area contributed by atoms with Crippen LogP contribution in [0.5, 0.6) is 5.75 Å². The number of hydrogen-bond acceptors (Lipinski definition) is 4. The summed E-state index contributed by atoms with van der Waals surface area (Å²) in [5.41, 5.74) is 0.800. The number of methoxy groups -OCH3 is 1. The Hall–Kier alpha value is -1.10. The molecule has 20 heavy (non-hydrogen) atoms. The second-order valence-corrected chi connectivity index (χ2v) is 5.08. The molecular weight excluding hydrogens is 256 g/mol. The van der Waals surface area contributed by atoms with Gasteiger partial charge in [0.1, 0.15) is 18.5 Å². The van der Waals surface area contributed by atoms with Gasteiger partial charge in [0, 0.05) is 19.3 Å². The van der Waals surface area contributed by atoms with Crippen molar-refractivity contribution in [1.29, 1.82) is 0 Å². The van der Waals surface area contributed by atoms with Crippen molar-refractivity contribution >= 4 is 0 Å². The van der Waals surface area contributed by atoms with Crippen molar-refractivity contribution in [2.75, 3.05) is 26.9 Å². The molecule has 0 aliphatic heterocycles. The van der Waals surface area contributed by atoms with Crippen LogP contribution in [0.25, 0.3) is 0 Å². The molecule has 1 saturated carbocycles. The Morgan fingerprint density at radius 3 is 2.65 bits per heavy atom. The fraction of sp³-hybridized carbons (Fsp3) is 0.625. The van der Waals surface area contributed by atoms with Gasteiger partial charge in [0.2, 0.25) is 0 Å². The molecule has 1 aromatic carbocycles. The van der Waals surface area contributed by atoms with Gasteiger partial charge >= 0.3 is 0 Å². The van der Waals surface area contributed by atoms with Crippen LogP contribution in [0.2, 0.25) is 0 Å². The quantitative estimate of drug-likeness (QED) is 0.706. The summed E-state index contributed by atoms with van der Waals surface area (Å²) in [7, 11) is 1.64. The van der Waals surface area contributed by atoms with E-state index >= 15 is 0 Å². The third-order valence-corrected chi connectivity index (χ3v) is 3.54. The van der Waals surface area contributed by atoms with Gasteiger partial charge in [-0.3, -0.25) is 0 Å². The van der Waals surface area contributed by atoms with Gasteiger partial charge < -0.3 is 19.3 Å². The maximum Gasteiger partial charge on any atom is 0.125 e. The maximum atomic E-state index is 10.6. The monoisotopic (exact) mass is 280 g/mol. The second kappa shape index (κ2) is 7.62. The van der Waals surface area contributed by atoms with Gasteiger partial charge in [0.05, 0.1) is 12.7 Å². The minimum absolute atomic E-state index is 0.132. The molecule has 2 rings (SSSR count). The summed E-state index contributed by atoms with van der Waals surface area (Å²) in [6, 6.07) is 7.61. The van der Waals surface area contributed by atoms with Crippen molar-refractivity contribution in [3.05, 3.63) is 29.8 Å². The smallest absolute Gasteiger partial charge is 0.125 e. The SMILES string of the molecule is CCOC(C1CC1)C(O)c1ccccc1OCCOC. The van der Waals surface area contributed by atoms with Crippen molar-refractivity contribution < 1.29 is 19.3 Å². The highest BCUT2D eigenvalue weighted by Crippen LogP contribution is 2.41. The number of rotatable bonds is 9. The normalized spacial score (nSPS) is 17.8. The Morgan fingerprint density at radius 1 is 1.25 bits per heavy atom. The number of para-hydroxylation sites is 1. The van der Waals surface area contributed by atoms with Crippen LogP contribution in [0.1, 0.15) is 31.4 Å². The lowest BCUT2D eigenvalue weighted by atomic mass is 10.00. The Balaban J connectivity index is 2.08. The lowest BCUT2D eigenvalue weighted by Gasteiger charge is -2.24. The number of aliphatic hydroxyl groups excluding tert-OH is 1. The predicted molar refractivity (Wildman–Crippen MR) is 76.9 cm³/mol. The average Bonchev–Trinajstić information content (AvgIpc) is 3.29. The summed E-state index contributed by atoms with van der Waals surface area (Å²) in [6.07, 6.45) is 1.50. The summed E-state index contributed by atoms with van der Waals surface area (Å²) >= 11 is 0. The molecule has 1 aromatic rings. The first-order valence-corrected chi connectivity index (χ1v) is 7.28. The number of hydrogen-bond donors (Lipinski definition) is 1. The molecule has 0 spiro atoms. The fourth-order valence-corrected chi connectivity index (χ4v) is 2.37. The van der Waals surface area contributed by atoms with E-state index in [9.17, 15) is 5.11 Å². The Labute approximate surface area is 120 Å². The van der Waals surface area contributed by atoms with Crippen LogP contribution in [0.3, 0.4) is 0 Å². The molecule has 1 aliphatic rings. The van der Waals surface area contributed by atoms with Gasteiger partial charge in [-0.25, -0.2) is 0 Å². The molecule has 0 amide bonds.